The van der Waals surface area contributed by atoms with E-state index in [0.717, 1.165) is 30.6 Å². The molecule has 39 heavy (non-hydrogen) atoms. The highest BCUT2D eigenvalue weighted by Crippen LogP contribution is 2.20. The van der Waals surface area contributed by atoms with Gasteiger partial charge < -0.3 is 9.64 Å². The lowest BCUT2D eigenvalue weighted by atomic mass is 10.1. The number of hydrogen-bond acceptors (Lipinski definition) is 8. The van der Waals surface area contributed by atoms with E-state index < -0.39 is 4.92 Å². The quantitative estimate of drug-likeness (QED) is 0.128. The Morgan fingerprint density at radius 3 is 2.38 bits per heavy atom. The highest BCUT2D eigenvalue weighted by Gasteiger charge is 2.20. The van der Waals surface area contributed by atoms with Crippen LogP contribution >= 0.6 is 0 Å². The number of para-hydroxylation sites is 1. The van der Waals surface area contributed by atoms with E-state index in [1.807, 2.05) is 6.07 Å². The summed E-state index contributed by atoms with van der Waals surface area (Å²) >= 11 is 0. The van der Waals surface area contributed by atoms with Gasteiger partial charge in [0, 0.05) is 65.0 Å². The number of allylic oxidation sites excluding steroid dienone is 1. The summed E-state index contributed by atoms with van der Waals surface area (Å²) in [4.78, 5) is 51.8. The number of rotatable bonds is 10. The highest BCUT2D eigenvalue weighted by molar-refractivity contribution is 6.08. The maximum Gasteiger partial charge on any atom is 0.332 e. The molecule has 1 aromatic heterocycles. The molecule has 0 N–H and O–H groups in total. The number of piperazine rings is 1. The molecule has 0 bridgehead atoms. The van der Waals surface area contributed by atoms with Crippen molar-refractivity contribution in [3.63, 3.8) is 0 Å². The summed E-state index contributed by atoms with van der Waals surface area (Å²) in [6.07, 6.45) is 3.82. The largest absolute Gasteiger partial charge is 0.493 e. The Morgan fingerprint density at radius 1 is 1.00 bits per heavy atom. The molecule has 0 unspecified atom stereocenters. The Hall–Kier alpha value is -4.51. The average molecular weight is 534 g/mol. The molecule has 204 valence electrons. The first-order valence-corrected chi connectivity index (χ1v) is 12.7. The van der Waals surface area contributed by atoms with Crippen LogP contribution in [0.5, 0.6) is 5.75 Å². The Morgan fingerprint density at radius 2 is 1.69 bits per heavy atom. The number of nitro groups is 1. The third-order valence-electron chi connectivity index (χ3n) is 6.76. The van der Waals surface area contributed by atoms with Crippen LogP contribution in [0.4, 0.5) is 11.5 Å². The number of benzene rings is 2. The molecule has 4 rings (SSSR count). The Balaban J connectivity index is 1.26. The summed E-state index contributed by atoms with van der Waals surface area (Å²) in [5, 5.41) is 10.8. The van der Waals surface area contributed by atoms with Gasteiger partial charge in [-0.1, -0.05) is 18.2 Å². The first-order chi connectivity index (χ1) is 18.7. The predicted octanol–water partition coefficient (Wildman–Crippen LogP) is 2.48. The predicted molar refractivity (Wildman–Crippen MR) is 149 cm³/mol. The topological polar surface area (TPSA) is 120 Å². The monoisotopic (exact) mass is 533 g/mol. The second-order valence-corrected chi connectivity index (χ2v) is 9.31. The van der Waals surface area contributed by atoms with Gasteiger partial charge in [0.15, 0.2) is 5.78 Å². The second kappa shape index (κ2) is 12.4. The molecule has 11 nitrogen and oxygen atoms in total. The first-order valence-electron chi connectivity index (χ1n) is 12.7. The third-order valence-corrected chi connectivity index (χ3v) is 6.76. The minimum absolute atomic E-state index is 0.00525. The first kappa shape index (κ1) is 27.5. The molecule has 3 aromatic rings. The van der Waals surface area contributed by atoms with Gasteiger partial charge in [-0.2, -0.15) is 0 Å². The van der Waals surface area contributed by atoms with E-state index >= 15 is 0 Å². The van der Waals surface area contributed by atoms with Gasteiger partial charge in [-0.15, -0.1) is 0 Å². The van der Waals surface area contributed by atoms with Crippen molar-refractivity contribution in [2.45, 2.75) is 6.42 Å². The maximum absolute atomic E-state index is 12.8. The summed E-state index contributed by atoms with van der Waals surface area (Å²) in [5.74, 6) is 0.924. The molecule has 0 amide bonds. The standard InChI is InChI=1S/C28H31N5O6/c1-29-26(20-27(35)30(2)28(29)36)32-17-15-31(16-18-32)14-5-19-39-25-7-4-3-6-23(25)24(34)13-10-21-8-11-22(12-9-21)33(37)38/h3-4,6-13,20H,5,14-19H2,1-2H3. The van der Waals surface area contributed by atoms with Crippen LogP contribution in [0, 0.1) is 10.1 Å². The van der Waals surface area contributed by atoms with Crippen LogP contribution in [-0.4, -0.2) is 64.1 Å². The molecule has 1 saturated heterocycles. The summed E-state index contributed by atoms with van der Waals surface area (Å²) in [6, 6.07) is 14.5. The number of anilines is 1. The fourth-order valence-electron chi connectivity index (χ4n) is 4.46. The van der Waals surface area contributed by atoms with Gasteiger partial charge in [0.05, 0.1) is 17.1 Å². The van der Waals surface area contributed by atoms with Crippen LogP contribution in [0.15, 0.2) is 70.3 Å². The highest BCUT2D eigenvalue weighted by atomic mass is 16.6. The molecule has 0 aliphatic carbocycles. The van der Waals surface area contributed by atoms with E-state index in [4.69, 9.17) is 4.74 Å². The Bertz CT molecular complexity index is 1480. The van der Waals surface area contributed by atoms with Crippen molar-refractivity contribution < 1.29 is 14.5 Å². The lowest BCUT2D eigenvalue weighted by Crippen LogP contribution is -2.49. The van der Waals surface area contributed by atoms with Crippen molar-refractivity contribution in [2.75, 3.05) is 44.2 Å². The smallest absolute Gasteiger partial charge is 0.332 e. The number of ether oxygens (including phenoxy) is 1. The number of nitro benzene ring substituents is 1. The van der Waals surface area contributed by atoms with Crippen molar-refractivity contribution in [3.05, 3.63) is 103 Å². The minimum atomic E-state index is -0.467. The molecular weight excluding hydrogens is 502 g/mol. The summed E-state index contributed by atoms with van der Waals surface area (Å²) in [6.45, 7) is 4.27. The molecule has 1 fully saturated rings. The normalized spacial score (nSPS) is 14.1. The molecule has 0 saturated carbocycles. The lowest BCUT2D eigenvalue weighted by molar-refractivity contribution is -0.384. The number of non-ortho nitro benzene ring substituents is 1. The van der Waals surface area contributed by atoms with Crippen molar-refractivity contribution in [1.29, 1.82) is 0 Å². The third kappa shape index (κ3) is 6.68. The van der Waals surface area contributed by atoms with Crippen molar-refractivity contribution in [3.8, 4) is 5.75 Å². The summed E-state index contributed by atoms with van der Waals surface area (Å²) < 4.78 is 8.55. The molecule has 2 aromatic carbocycles. The number of carbonyl (C=O) groups excluding carboxylic acids is 1. The molecule has 0 radical (unpaired) electrons. The summed E-state index contributed by atoms with van der Waals surface area (Å²) in [7, 11) is 3.15. The summed E-state index contributed by atoms with van der Waals surface area (Å²) in [5.41, 5.74) is 0.480. The van der Waals surface area contributed by atoms with Gasteiger partial charge >= 0.3 is 5.69 Å². The molecule has 1 aliphatic rings. The van der Waals surface area contributed by atoms with E-state index in [-0.39, 0.29) is 22.7 Å². The van der Waals surface area contributed by atoms with Gasteiger partial charge in [-0.3, -0.25) is 33.7 Å². The van der Waals surface area contributed by atoms with Gasteiger partial charge in [-0.05, 0) is 42.3 Å². The van der Waals surface area contributed by atoms with E-state index in [1.165, 1.54) is 35.9 Å². The maximum atomic E-state index is 12.8. The van der Waals surface area contributed by atoms with Gasteiger partial charge in [-0.25, -0.2) is 4.79 Å². The zero-order chi connectivity index (χ0) is 27.9. The number of ketones is 1. The lowest BCUT2D eigenvalue weighted by Gasteiger charge is -2.36. The molecular formula is C28H31N5O6. The number of hydrogen-bond donors (Lipinski definition) is 0. The fourth-order valence-corrected chi connectivity index (χ4v) is 4.46. The van der Waals surface area contributed by atoms with Crippen molar-refractivity contribution >= 4 is 23.4 Å². The number of carbonyl (C=O) groups is 1. The van der Waals surface area contributed by atoms with Crippen LogP contribution in [0.1, 0.15) is 22.3 Å². The van der Waals surface area contributed by atoms with Crippen molar-refractivity contribution in [1.82, 2.24) is 14.0 Å². The fraction of sp³-hybridized carbons (Fsp3) is 0.321. The van der Waals surface area contributed by atoms with E-state index in [2.05, 4.69) is 9.80 Å². The zero-order valence-corrected chi connectivity index (χ0v) is 22.0. The van der Waals surface area contributed by atoms with Crippen LogP contribution < -0.4 is 20.9 Å². The van der Waals surface area contributed by atoms with E-state index in [9.17, 15) is 24.5 Å². The van der Waals surface area contributed by atoms with Crippen LogP contribution in [-0.2, 0) is 14.1 Å². The number of nitrogens with zero attached hydrogens (tertiary/aromatic N) is 5. The van der Waals surface area contributed by atoms with Gasteiger partial charge in [0.25, 0.3) is 11.2 Å². The average Bonchev–Trinajstić information content (AvgIpc) is 2.95. The molecule has 1 aliphatic heterocycles. The van der Waals surface area contributed by atoms with Crippen molar-refractivity contribution in [2.24, 2.45) is 14.1 Å². The molecule has 11 heteroatoms. The second-order valence-electron chi connectivity index (χ2n) is 9.31. The SMILES string of the molecule is Cn1c(N2CCN(CCCOc3ccccc3C(=O)C=Cc3ccc([N+](=O)[O-])cc3)CC2)cc(=O)n(C)c1=O. The van der Waals surface area contributed by atoms with E-state index in [1.54, 1.807) is 43.5 Å². The van der Waals surface area contributed by atoms with Gasteiger partial charge in [0.1, 0.15) is 11.6 Å². The van der Waals surface area contributed by atoms with Crippen LogP contribution in [0.25, 0.3) is 6.08 Å². The Kier molecular flexibility index (Phi) is 8.72. The number of aromatic nitrogens is 2. The zero-order valence-electron chi connectivity index (χ0n) is 22.0. The Labute approximate surface area is 225 Å². The molecule has 2 heterocycles. The molecule has 0 atom stereocenters. The molecule has 0 spiro atoms. The van der Waals surface area contributed by atoms with Crippen LogP contribution in [0.3, 0.4) is 0 Å². The van der Waals surface area contributed by atoms with E-state index in [0.29, 0.717) is 42.4 Å². The van der Waals surface area contributed by atoms with Gasteiger partial charge in [0.2, 0.25) is 0 Å². The van der Waals surface area contributed by atoms with Crippen LogP contribution in [0.2, 0.25) is 0 Å². The minimum Gasteiger partial charge on any atom is -0.493 e.